The second-order valence-electron chi connectivity index (χ2n) is 5.93. The second-order valence-corrected chi connectivity index (χ2v) is 5.93. The van der Waals surface area contributed by atoms with Crippen molar-refractivity contribution in [3.8, 4) is 5.75 Å². The number of hydrogen-bond acceptors (Lipinski definition) is 4. The molecule has 0 aliphatic carbocycles. The SMILES string of the molecule is COc1ccc(NCCCCC(C)(C)/C(N)=N/O)c(C)c1. The normalized spacial score (nSPS) is 12.3. The lowest BCUT2D eigenvalue weighted by molar-refractivity contribution is 0.304. The summed E-state index contributed by atoms with van der Waals surface area (Å²) < 4.78 is 5.19. The summed E-state index contributed by atoms with van der Waals surface area (Å²) in [6, 6.07) is 6.01. The van der Waals surface area contributed by atoms with Crippen LogP contribution < -0.4 is 15.8 Å². The maximum atomic E-state index is 8.74. The Hall–Kier alpha value is -1.91. The zero-order chi connectivity index (χ0) is 15.9. The Bertz CT molecular complexity index is 484. The van der Waals surface area contributed by atoms with E-state index >= 15 is 0 Å². The number of rotatable bonds is 8. The van der Waals surface area contributed by atoms with E-state index in [4.69, 9.17) is 15.7 Å². The van der Waals surface area contributed by atoms with Crippen molar-refractivity contribution in [2.75, 3.05) is 19.0 Å². The quantitative estimate of drug-likeness (QED) is 0.226. The van der Waals surface area contributed by atoms with Crippen LogP contribution in [0, 0.1) is 12.3 Å². The third kappa shape index (κ3) is 5.17. The Morgan fingerprint density at radius 3 is 2.67 bits per heavy atom. The van der Waals surface area contributed by atoms with Crippen LogP contribution in [0.2, 0.25) is 0 Å². The Morgan fingerprint density at radius 2 is 2.10 bits per heavy atom. The third-order valence-electron chi connectivity index (χ3n) is 3.78. The lowest BCUT2D eigenvalue weighted by Crippen LogP contribution is -2.31. The van der Waals surface area contributed by atoms with Gasteiger partial charge in [-0.15, -0.1) is 0 Å². The minimum absolute atomic E-state index is 0.259. The number of aryl methyl sites for hydroxylation is 1. The fourth-order valence-corrected chi connectivity index (χ4v) is 2.14. The third-order valence-corrected chi connectivity index (χ3v) is 3.78. The average Bonchev–Trinajstić information content (AvgIpc) is 2.47. The van der Waals surface area contributed by atoms with Crippen LogP contribution in [0.25, 0.3) is 0 Å². The first kappa shape index (κ1) is 17.1. The molecule has 0 aromatic heterocycles. The van der Waals surface area contributed by atoms with Gasteiger partial charge in [0.2, 0.25) is 0 Å². The maximum Gasteiger partial charge on any atom is 0.144 e. The molecule has 4 N–H and O–H groups in total. The van der Waals surface area contributed by atoms with Crippen molar-refractivity contribution in [1.82, 2.24) is 0 Å². The van der Waals surface area contributed by atoms with Gasteiger partial charge in [-0.3, -0.25) is 0 Å². The monoisotopic (exact) mass is 293 g/mol. The molecule has 5 nitrogen and oxygen atoms in total. The predicted molar refractivity (Wildman–Crippen MR) is 87.3 cm³/mol. The maximum absolute atomic E-state index is 8.74. The van der Waals surface area contributed by atoms with Crippen LogP contribution >= 0.6 is 0 Å². The molecule has 0 aliphatic rings. The van der Waals surface area contributed by atoms with Gasteiger partial charge >= 0.3 is 0 Å². The van der Waals surface area contributed by atoms with Crippen molar-refractivity contribution < 1.29 is 9.94 Å². The summed E-state index contributed by atoms with van der Waals surface area (Å²) in [5, 5.41) is 15.3. The van der Waals surface area contributed by atoms with Crippen LogP contribution in [0.15, 0.2) is 23.4 Å². The van der Waals surface area contributed by atoms with Crippen LogP contribution in [-0.2, 0) is 0 Å². The highest BCUT2D eigenvalue weighted by atomic mass is 16.5. The standard InChI is InChI=1S/C16H27N3O2/c1-12-11-13(21-4)7-8-14(12)18-10-6-5-9-16(2,3)15(17)19-20/h7-8,11,18,20H,5-6,9-10H2,1-4H3,(H2,17,19). The van der Waals surface area contributed by atoms with E-state index in [-0.39, 0.29) is 5.41 Å². The number of methoxy groups -OCH3 is 1. The van der Waals surface area contributed by atoms with Gasteiger partial charge in [-0.1, -0.05) is 25.4 Å². The summed E-state index contributed by atoms with van der Waals surface area (Å²) in [4.78, 5) is 0. The summed E-state index contributed by atoms with van der Waals surface area (Å²) in [7, 11) is 1.67. The molecule has 21 heavy (non-hydrogen) atoms. The predicted octanol–water partition coefficient (Wildman–Crippen LogP) is 3.36. The molecule has 0 fully saturated rings. The Balaban J connectivity index is 2.35. The Kier molecular flexibility index (Phi) is 6.34. The zero-order valence-corrected chi connectivity index (χ0v) is 13.4. The number of ether oxygens (including phenoxy) is 1. The highest BCUT2D eigenvalue weighted by molar-refractivity contribution is 5.85. The molecule has 0 saturated carbocycles. The number of oxime groups is 1. The van der Waals surface area contributed by atoms with Crippen LogP contribution in [0.4, 0.5) is 5.69 Å². The topological polar surface area (TPSA) is 79.9 Å². The molecular formula is C16H27N3O2. The van der Waals surface area contributed by atoms with Gasteiger partial charge < -0.3 is 21.0 Å². The number of anilines is 1. The molecular weight excluding hydrogens is 266 g/mol. The lowest BCUT2D eigenvalue weighted by atomic mass is 9.86. The fraction of sp³-hybridized carbons (Fsp3) is 0.562. The highest BCUT2D eigenvalue weighted by Gasteiger charge is 2.22. The van der Waals surface area contributed by atoms with E-state index in [1.165, 1.54) is 5.56 Å². The van der Waals surface area contributed by atoms with Gasteiger partial charge in [-0.2, -0.15) is 0 Å². The second kappa shape index (κ2) is 7.76. The summed E-state index contributed by atoms with van der Waals surface area (Å²) in [5.74, 6) is 1.17. The van der Waals surface area contributed by atoms with Gasteiger partial charge in [0, 0.05) is 17.6 Å². The number of nitrogens with two attached hydrogens (primary N) is 1. The molecule has 0 atom stereocenters. The molecule has 0 bridgehead atoms. The molecule has 0 amide bonds. The molecule has 0 radical (unpaired) electrons. The van der Waals surface area contributed by atoms with E-state index in [0.29, 0.717) is 5.84 Å². The Labute approximate surface area is 127 Å². The fourth-order valence-electron chi connectivity index (χ4n) is 2.14. The molecule has 0 heterocycles. The number of nitrogens with zero attached hydrogens (tertiary/aromatic N) is 1. The molecule has 118 valence electrons. The largest absolute Gasteiger partial charge is 0.497 e. The molecule has 0 aliphatic heterocycles. The van der Waals surface area contributed by atoms with Gasteiger partial charge in [-0.25, -0.2) is 0 Å². The van der Waals surface area contributed by atoms with E-state index in [0.717, 1.165) is 37.2 Å². The molecule has 1 rings (SSSR count). The van der Waals surface area contributed by atoms with Crippen molar-refractivity contribution in [2.24, 2.45) is 16.3 Å². The Morgan fingerprint density at radius 1 is 1.38 bits per heavy atom. The molecule has 0 unspecified atom stereocenters. The molecule has 0 saturated heterocycles. The minimum Gasteiger partial charge on any atom is -0.497 e. The van der Waals surface area contributed by atoms with E-state index in [1.54, 1.807) is 7.11 Å². The number of hydrogen-bond donors (Lipinski definition) is 3. The molecule has 1 aromatic rings. The van der Waals surface area contributed by atoms with E-state index in [9.17, 15) is 0 Å². The van der Waals surface area contributed by atoms with Crippen molar-refractivity contribution in [3.63, 3.8) is 0 Å². The summed E-state index contributed by atoms with van der Waals surface area (Å²) in [6.07, 6.45) is 2.95. The van der Waals surface area contributed by atoms with Gasteiger partial charge in [0.25, 0.3) is 0 Å². The van der Waals surface area contributed by atoms with Gasteiger partial charge in [-0.05, 0) is 43.5 Å². The first-order valence-electron chi connectivity index (χ1n) is 7.27. The average molecular weight is 293 g/mol. The summed E-state index contributed by atoms with van der Waals surface area (Å²) in [5.41, 5.74) is 7.72. The van der Waals surface area contributed by atoms with Gasteiger partial charge in [0.1, 0.15) is 11.6 Å². The van der Waals surface area contributed by atoms with Crippen molar-refractivity contribution in [3.05, 3.63) is 23.8 Å². The van der Waals surface area contributed by atoms with Crippen molar-refractivity contribution in [1.29, 1.82) is 0 Å². The number of amidine groups is 1. The first-order valence-corrected chi connectivity index (χ1v) is 7.27. The van der Waals surface area contributed by atoms with Crippen LogP contribution in [0.3, 0.4) is 0 Å². The number of nitrogens with one attached hydrogen (secondary N) is 1. The van der Waals surface area contributed by atoms with Gasteiger partial charge in [0.15, 0.2) is 0 Å². The number of unbranched alkanes of at least 4 members (excludes halogenated alkanes) is 1. The van der Waals surface area contributed by atoms with Crippen LogP contribution in [0.5, 0.6) is 5.75 Å². The van der Waals surface area contributed by atoms with E-state index < -0.39 is 0 Å². The smallest absolute Gasteiger partial charge is 0.144 e. The number of benzene rings is 1. The summed E-state index contributed by atoms with van der Waals surface area (Å²) in [6.45, 7) is 6.94. The van der Waals surface area contributed by atoms with E-state index in [2.05, 4.69) is 17.4 Å². The van der Waals surface area contributed by atoms with Crippen molar-refractivity contribution >= 4 is 11.5 Å². The highest BCUT2D eigenvalue weighted by Crippen LogP contribution is 2.24. The van der Waals surface area contributed by atoms with Gasteiger partial charge in [0.05, 0.1) is 7.11 Å². The minimum atomic E-state index is -0.259. The van der Waals surface area contributed by atoms with Crippen LogP contribution in [0.1, 0.15) is 38.7 Å². The van der Waals surface area contributed by atoms with Crippen LogP contribution in [-0.4, -0.2) is 24.7 Å². The zero-order valence-electron chi connectivity index (χ0n) is 13.4. The van der Waals surface area contributed by atoms with E-state index in [1.807, 2.05) is 32.0 Å². The molecule has 5 heteroatoms. The molecule has 1 aromatic carbocycles. The summed E-state index contributed by atoms with van der Waals surface area (Å²) >= 11 is 0. The molecule has 0 spiro atoms. The first-order chi connectivity index (χ1) is 9.90. The van der Waals surface area contributed by atoms with Crippen molar-refractivity contribution in [2.45, 2.75) is 40.0 Å². The lowest BCUT2D eigenvalue weighted by Gasteiger charge is -2.22.